The van der Waals surface area contributed by atoms with Crippen molar-refractivity contribution in [3.8, 4) is 0 Å². The molecule has 0 saturated carbocycles. The molecule has 0 spiro atoms. The van der Waals surface area contributed by atoms with Crippen LogP contribution in [-0.4, -0.2) is 58.4 Å². The van der Waals surface area contributed by atoms with Gasteiger partial charge in [-0.1, -0.05) is 6.07 Å². The monoisotopic (exact) mass is 318 g/mol. The predicted molar refractivity (Wildman–Crippen MR) is 85.4 cm³/mol. The SMILES string of the molecule is Cc1cc(C)c(C(=O)N2CCN(CC(=O)O)C(=O)[C@H]2C)cc1C. The molecule has 2 rings (SSSR count). The van der Waals surface area contributed by atoms with E-state index in [-0.39, 0.29) is 24.9 Å². The van der Waals surface area contributed by atoms with Crippen LogP contribution in [0.15, 0.2) is 12.1 Å². The number of amides is 2. The minimum absolute atomic E-state index is 0.179. The maximum atomic E-state index is 12.8. The van der Waals surface area contributed by atoms with Gasteiger partial charge in [-0.2, -0.15) is 0 Å². The quantitative estimate of drug-likeness (QED) is 0.913. The van der Waals surface area contributed by atoms with Gasteiger partial charge in [0.05, 0.1) is 0 Å². The molecular weight excluding hydrogens is 296 g/mol. The zero-order chi connectivity index (χ0) is 17.3. The number of carbonyl (C=O) groups excluding carboxylic acids is 2. The van der Waals surface area contributed by atoms with Crippen LogP contribution in [0.4, 0.5) is 0 Å². The van der Waals surface area contributed by atoms with E-state index in [0.29, 0.717) is 12.1 Å². The molecule has 2 amide bonds. The van der Waals surface area contributed by atoms with E-state index in [9.17, 15) is 14.4 Å². The summed E-state index contributed by atoms with van der Waals surface area (Å²) in [5.74, 6) is -1.55. The Morgan fingerprint density at radius 2 is 1.74 bits per heavy atom. The van der Waals surface area contributed by atoms with Gasteiger partial charge in [-0.3, -0.25) is 14.4 Å². The number of hydrogen-bond donors (Lipinski definition) is 1. The second-order valence-electron chi connectivity index (χ2n) is 6.08. The van der Waals surface area contributed by atoms with Crippen molar-refractivity contribution in [1.82, 2.24) is 9.80 Å². The van der Waals surface area contributed by atoms with E-state index in [2.05, 4.69) is 0 Å². The molecule has 1 aliphatic rings. The minimum Gasteiger partial charge on any atom is -0.480 e. The Kier molecular flexibility index (Phi) is 4.73. The zero-order valence-corrected chi connectivity index (χ0v) is 13.9. The highest BCUT2D eigenvalue weighted by Crippen LogP contribution is 2.20. The van der Waals surface area contributed by atoms with Crippen LogP contribution < -0.4 is 0 Å². The van der Waals surface area contributed by atoms with Crippen molar-refractivity contribution in [1.29, 1.82) is 0 Å². The summed E-state index contributed by atoms with van der Waals surface area (Å²) >= 11 is 0. The summed E-state index contributed by atoms with van der Waals surface area (Å²) in [5, 5.41) is 8.84. The predicted octanol–water partition coefficient (Wildman–Crippen LogP) is 1.37. The number of hydrogen-bond acceptors (Lipinski definition) is 3. The van der Waals surface area contributed by atoms with Crippen molar-refractivity contribution in [3.63, 3.8) is 0 Å². The lowest BCUT2D eigenvalue weighted by molar-refractivity contribution is -0.148. The number of aliphatic carboxylic acids is 1. The smallest absolute Gasteiger partial charge is 0.323 e. The molecule has 0 aliphatic carbocycles. The van der Waals surface area contributed by atoms with Crippen molar-refractivity contribution in [3.05, 3.63) is 34.4 Å². The van der Waals surface area contributed by atoms with E-state index < -0.39 is 12.0 Å². The number of aryl methyl sites for hydroxylation is 3. The second-order valence-corrected chi connectivity index (χ2v) is 6.08. The molecule has 23 heavy (non-hydrogen) atoms. The molecule has 1 aromatic rings. The Balaban J connectivity index is 2.23. The third-order valence-electron chi connectivity index (χ3n) is 4.41. The number of benzene rings is 1. The lowest BCUT2D eigenvalue weighted by Crippen LogP contribution is -2.58. The Bertz CT molecular complexity index is 669. The normalized spacial score (nSPS) is 18.3. The lowest BCUT2D eigenvalue weighted by atomic mass is 9.99. The fourth-order valence-electron chi connectivity index (χ4n) is 2.87. The average Bonchev–Trinajstić information content (AvgIpc) is 2.47. The highest BCUT2D eigenvalue weighted by atomic mass is 16.4. The summed E-state index contributed by atoms with van der Waals surface area (Å²) in [6.07, 6.45) is 0. The zero-order valence-electron chi connectivity index (χ0n) is 13.9. The molecule has 1 saturated heterocycles. The number of carboxylic acids is 1. The molecule has 0 radical (unpaired) electrons. The molecule has 0 aromatic heterocycles. The van der Waals surface area contributed by atoms with E-state index in [1.807, 2.05) is 32.9 Å². The summed E-state index contributed by atoms with van der Waals surface area (Å²) in [6.45, 7) is 7.72. The van der Waals surface area contributed by atoms with E-state index >= 15 is 0 Å². The van der Waals surface area contributed by atoms with Gasteiger partial charge in [0, 0.05) is 18.7 Å². The topological polar surface area (TPSA) is 77.9 Å². The highest BCUT2D eigenvalue weighted by molar-refractivity contribution is 5.99. The van der Waals surface area contributed by atoms with Gasteiger partial charge in [-0.15, -0.1) is 0 Å². The third-order valence-corrected chi connectivity index (χ3v) is 4.41. The number of piperazine rings is 1. The lowest BCUT2D eigenvalue weighted by Gasteiger charge is -2.38. The summed E-state index contributed by atoms with van der Waals surface area (Å²) in [5.41, 5.74) is 3.63. The minimum atomic E-state index is -1.05. The van der Waals surface area contributed by atoms with Crippen molar-refractivity contribution in [2.45, 2.75) is 33.7 Å². The first-order valence-electron chi connectivity index (χ1n) is 7.61. The fraction of sp³-hybridized carbons (Fsp3) is 0.471. The summed E-state index contributed by atoms with van der Waals surface area (Å²) in [4.78, 5) is 38.7. The Labute approximate surface area is 135 Å². The molecule has 1 N–H and O–H groups in total. The fourth-order valence-corrected chi connectivity index (χ4v) is 2.87. The molecule has 6 heteroatoms. The van der Waals surface area contributed by atoms with Crippen molar-refractivity contribution >= 4 is 17.8 Å². The second kappa shape index (κ2) is 6.40. The van der Waals surface area contributed by atoms with Crippen LogP contribution in [0.1, 0.15) is 34.0 Å². The molecular formula is C17H22N2O4. The van der Waals surface area contributed by atoms with Crippen LogP contribution in [-0.2, 0) is 9.59 Å². The average molecular weight is 318 g/mol. The van der Waals surface area contributed by atoms with Crippen LogP contribution in [0.3, 0.4) is 0 Å². The molecule has 1 aliphatic heterocycles. The largest absolute Gasteiger partial charge is 0.480 e. The van der Waals surface area contributed by atoms with Gasteiger partial charge in [0.2, 0.25) is 5.91 Å². The van der Waals surface area contributed by atoms with Crippen molar-refractivity contribution in [2.24, 2.45) is 0 Å². The number of carboxylic acid groups (broad SMARTS) is 1. The first-order chi connectivity index (χ1) is 10.7. The van der Waals surface area contributed by atoms with Gasteiger partial charge in [0.25, 0.3) is 5.91 Å². The van der Waals surface area contributed by atoms with Gasteiger partial charge in [-0.25, -0.2) is 0 Å². The molecule has 124 valence electrons. The summed E-state index contributed by atoms with van der Waals surface area (Å²) in [6, 6.07) is 3.17. The first-order valence-corrected chi connectivity index (χ1v) is 7.61. The van der Waals surface area contributed by atoms with Crippen LogP contribution in [0.5, 0.6) is 0 Å². The summed E-state index contributed by atoms with van der Waals surface area (Å²) < 4.78 is 0. The molecule has 0 bridgehead atoms. The van der Waals surface area contributed by atoms with Crippen LogP contribution >= 0.6 is 0 Å². The van der Waals surface area contributed by atoms with Gasteiger partial charge >= 0.3 is 5.97 Å². The first kappa shape index (κ1) is 17.0. The molecule has 1 aromatic carbocycles. The van der Waals surface area contributed by atoms with E-state index in [1.54, 1.807) is 6.92 Å². The van der Waals surface area contributed by atoms with Gasteiger partial charge in [0.15, 0.2) is 0 Å². The van der Waals surface area contributed by atoms with E-state index in [1.165, 1.54) is 9.80 Å². The van der Waals surface area contributed by atoms with Crippen LogP contribution in [0, 0.1) is 20.8 Å². The molecule has 1 fully saturated rings. The maximum absolute atomic E-state index is 12.8. The Hall–Kier alpha value is -2.37. The van der Waals surface area contributed by atoms with Crippen LogP contribution in [0.25, 0.3) is 0 Å². The molecule has 1 heterocycles. The maximum Gasteiger partial charge on any atom is 0.323 e. The Morgan fingerprint density at radius 1 is 1.13 bits per heavy atom. The number of carbonyl (C=O) groups is 3. The van der Waals surface area contributed by atoms with Crippen molar-refractivity contribution < 1.29 is 19.5 Å². The van der Waals surface area contributed by atoms with Gasteiger partial charge in [0.1, 0.15) is 12.6 Å². The van der Waals surface area contributed by atoms with Gasteiger partial charge in [-0.05, 0) is 50.5 Å². The molecule has 1 atom stereocenters. The third kappa shape index (κ3) is 3.36. The number of rotatable bonds is 3. The van der Waals surface area contributed by atoms with E-state index in [4.69, 9.17) is 5.11 Å². The molecule has 6 nitrogen and oxygen atoms in total. The van der Waals surface area contributed by atoms with Gasteiger partial charge < -0.3 is 14.9 Å². The van der Waals surface area contributed by atoms with Crippen molar-refractivity contribution in [2.75, 3.05) is 19.6 Å². The molecule has 0 unspecified atom stereocenters. The highest BCUT2D eigenvalue weighted by Gasteiger charge is 2.35. The standard InChI is InChI=1S/C17H22N2O4/c1-10-7-12(3)14(8-11(10)2)17(23)19-6-5-18(9-15(20)21)16(22)13(19)4/h7-8,13H,5-6,9H2,1-4H3,(H,20,21)/t13-/m1/s1. The Morgan fingerprint density at radius 3 is 2.35 bits per heavy atom. The van der Waals surface area contributed by atoms with E-state index in [0.717, 1.165) is 16.7 Å². The summed E-state index contributed by atoms with van der Waals surface area (Å²) in [7, 11) is 0. The number of nitrogens with zero attached hydrogens (tertiary/aromatic N) is 2. The van der Waals surface area contributed by atoms with Crippen LogP contribution in [0.2, 0.25) is 0 Å².